The van der Waals surface area contributed by atoms with Gasteiger partial charge in [0.25, 0.3) is 10.0 Å². The van der Waals surface area contributed by atoms with Crippen molar-refractivity contribution in [2.75, 3.05) is 13.1 Å². The zero-order chi connectivity index (χ0) is 14.0. The Bertz CT molecular complexity index is 520. The molecular formula is C12H19N3O3S. The molecule has 0 bridgehead atoms. The number of hydrogen-bond donors (Lipinski definition) is 2. The van der Waals surface area contributed by atoms with E-state index in [0.717, 1.165) is 0 Å². The van der Waals surface area contributed by atoms with Crippen LogP contribution in [0.5, 0.6) is 0 Å². The number of aromatic nitrogens is 1. The van der Waals surface area contributed by atoms with E-state index >= 15 is 0 Å². The van der Waals surface area contributed by atoms with E-state index in [9.17, 15) is 13.5 Å². The number of hydrogen-bond acceptors (Lipinski definition) is 5. The second kappa shape index (κ2) is 5.54. The Hall–Kier alpha value is -1.02. The van der Waals surface area contributed by atoms with Crippen LogP contribution in [0.25, 0.3) is 0 Å². The normalized spacial score (nSPS) is 29.9. The Morgan fingerprint density at radius 1 is 1.42 bits per heavy atom. The highest BCUT2D eigenvalue weighted by Gasteiger charge is 2.34. The van der Waals surface area contributed by atoms with E-state index in [1.165, 1.54) is 16.6 Å². The van der Waals surface area contributed by atoms with Crippen molar-refractivity contribution >= 4 is 10.0 Å². The molecule has 1 aromatic rings. The summed E-state index contributed by atoms with van der Waals surface area (Å²) in [5.41, 5.74) is 5.83. The Labute approximate surface area is 113 Å². The number of sulfonamides is 1. The van der Waals surface area contributed by atoms with E-state index in [4.69, 9.17) is 5.73 Å². The first-order chi connectivity index (χ1) is 8.91. The number of nitrogens with two attached hydrogens (primary N) is 1. The molecule has 0 saturated carbocycles. The molecule has 1 aromatic heterocycles. The molecule has 1 fully saturated rings. The molecule has 7 heteroatoms. The van der Waals surface area contributed by atoms with Crippen LogP contribution in [0.15, 0.2) is 29.4 Å². The minimum atomic E-state index is -3.67. The van der Waals surface area contributed by atoms with E-state index in [0.29, 0.717) is 13.0 Å². The molecule has 2 rings (SSSR count). The van der Waals surface area contributed by atoms with Gasteiger partial charge in [0.1, 0.15) is 0 Å². The van der Waals surface area contributed by atoms with Gasteiger partial charge < -0.3 is 10.8 Å². The molecule has 0 radical (unpaired) electrons. The number of nitrogens with zero attached hydrogens (tertiary/aromatic N) is 2. The van der Waals surface area contributed by atoms with E-state index < -0.39 is 16.1 Å². The molecule has 0 aromatic carbocycles. The Morgan fingerprint density at radius 2 is 2.16 bits per heavy atom. The fourth-order valence-electron chi connectivity index (χ4n) is 2.29. The monoisotopic (exact) mass is 285 g/mol. The van der Waals surface area contributed by atoms with Crippen molar-refractivity contribution in [2.24, 2.45) is 11.7 Å². The highest BCUT2D eigenvalue weighted by atomic mass is 32.2. The lowest BCUT2D eigenvalue weighted by Crippen LogP contribution is -2.42. The molecule has 0 amide bonds. The first-order valence-corrected chi connectivity index (χ1v) is 7.70. The van der Waals surface area contributed by atoms with E-state index in [-0.39, 0.29) is 23.5 Å². The summed E-state index contributed by atoms with van der Waals surface area (Å²) in [7, 11) is -3.67. The molecule has 6 nitrogen and oxygen atoms in total. The topological polar surface area (TPSA) is 96.5 Å². The van der Waals surface area contributed by atoms with Crippen LogP contribution in [0.4, 0.5) is 0 Å². The molecule has 0 spiro atoms. The van der Waals surface area contributed by atoms with Crippen molar-refractivity contribution < 1.29 is 13.5 Å². The first-order valence-electron chi connectivity index (χ1n) is 6.26. The molecule has 106 valence electrons. The van der Waals surface area contributed by atoms with Crippen molar-refractivity contribution in [3.05, 3.63) is 24.4 Å². The Morgan fingerprint density at radius 3 is 2.79 bits per heavy atom. The summed E-state index contributed by atoms with van der Waals surface area (Å²) in [5.74, 6) is 0.102. The first kappa shape index (κ1) is 14.4. The van der Waals surface area contributed by atoms with Gasteiger partial charge in [-0.2, -0.15) is 4.31 Å². The third-order valence-electron chi connectivity index (χ3n) is 3.32. The summed E-state index contributed by atoms with van der Waals surface area (Å²) in [4.78, 5) is 3.88. The predicted octanol–water partition coefficient (Wildman–Crippen LogP) is -0.200. The summed E-state index contributed by atoms with van der Waals surface area (Å²) in [6, 6.07) is 4.36. The van der Waals surface area contributed by atoms with Crippen LogP contribution in [-0.2, 0) is 10.0 Å². The lowest BCUT2D eigenvalue weighted by Gasteiger charge is -2.23. The number of β-amino-alcohol motifs (C(OH)–C–C–N with tert-alkyl or cyclic N) is 1. The van der Waals surface area contributed by atoms with Crippen LogP contribution in [0.1, 0.15) is 13.3 Å². The van der Waals surface area contributed by atoms with Gasteiger partial charge in [0.15, 0.2) is 5.03 Å². The predicted molar refractivity (Wildman–Crippen MR) is 70.8 cm³/mol. The average Bonchev–Trinajstić information content (AvgIpc) is 2.50. The maximum atomic E-state index is 12.4. The molecule has 2 heterocycles. The van der Waals surface area contributed by atoms with E-state index in [2.05, 4.69) is 4.98 Å². The fraction of sp³-hybridized carbons (Fsp3) is 0.583. The standard InChI is InChI=1S/C12H19N3O3S/c1-9-6-10(13)11(16)8-15(7-9)19(17,18)12-4-2-3-5-14-12/h2-5,9-11,16H,6-8,13H2,1H3/t9-,10+,11+/m0/s1. The maximum Gasteiger partial charge on any atom is 0.260 e. The van der Waals surface area contributed by atoms with Crippen LogP contribution >= 0.6 is 0 Å². The quantitative estimate of drug-likeness (QED) is 0.784. The summed E-state index contributed by atoms with van der Waals surface area (Å²) in [5, 5.41) is 9.91. The Balaban J connectivity index is 2.30. The summed E-state index contributed by atoms with van der Waals surface area (Å²) >= 11 is 0. The van der Waals surface area contributed by atoms with Crippen LogP contribution in [-0.4, -0.2) is 48.0 Å². The second-order valence-corrected chi connectivity index (χ2v) is 6.95. The molecule has 0 aliphatic carbocycles. The van der Waals surface area contributed by atoms with Crippen molar-refractivity contribution in [3.63, 3.8) is 0 Å². The van der Waals surface area contributed by atoms with Crippen LogP contribution < -0.4 is 5.73 Å². The van der Waals surface area contributed by atoms with Gasteiger partial charge in [-0.05, 0) is 24.5 Å². The van der Waals surface area contributed by atoms with Gasteiger partial charge in [-0.1, -0.05) is 13.0 Å². The molecule has 3 N–H and O–H groups in total. The van der Waals surface area contributed by atoms with Crippen LogP contribution in [0.3, 0.4) is 0 Å². The summed E-state index contributed by atoms with van der Waals surface area (Å²) in [6.45, 7) is 2.30. The molecule has 1 aliphatic heterocycles. The van der Waals surface area contributed by atoms with Crippen molar-refractivity contribution in [3.8, 4) is 0 Å². The van der Waals surface area contributed by atoms with Gasteiger partial charge in [-0.25, -0.2) is 13.4 Å². The molecule has 3 atom stereocenters. The molecule has 0 unspecified atom stereocenters. The van der Waals surface area contributed by atoms with E-state index in [1.807, 2.05) is 6.92 Å². The van der Waals surface area contributed by atoms with Crippen molar-refractivity contribution in [1.82, 2.24) is 9.29 Å². The van der Waals surface area contributed by atoms with Gasteiger partial charge in [0.2, 0.25) is 0 Å². The number of aliphatic hydroxyl groups excluding tert-OH is 1. The molecule has 1 saturated heterocycles. The maximum absolute atomic E-state index is 12.4. The average molecular weight is 285 g/mol. The van der Waals surface area contributed by atoms with Crippen molar-refractivity contribution in [1.29, 1.82) is 0 Å². The second-order valence-electron chi connectivity index (χ2n) is 5.06. The van der Waals surface area contributed by atoms with Crippen LogP contribution in [0.2, 0.25) is 0 Å². The summed E-state index contributed by atoms with van der Waals surface area (Å²) in [6.07, 6.45) is 1.20. The molecular weight excluding hydrogens is 266 g/mol. The molecule has 1 aliphatic rings. The van der Waals surface area contributed by atoms with Gasteiger partial charge in [-0.15, -0.1) is 0 Å². The van der Waals surface area contributed by atoms with Gasteiger partial charge in [0.05, 0.1) is 6.10 Å². The lowest BCUT2D eigenvalue weighted by molar-refractivity contribution is 0.130. The fourth-order valence-corrected chi connectivity index (χ4v) is 3.80. The summed E-state index contributed by atoms with van der Waals surface area (Å²) < 4.78 is 26.2. The van der Waals surface area contributed by atoms with E-state index in [1.54, 1.807) is 12.1 Å². The largest absolute Gasteiger partial charge is 0.390 e. The molecule has 19 heavy (non-hydrogen) atoms. The smallest absolute Gasteiger partial charge is 0.260 e. The zero-order valence-electron chi connectivity index (χ0n) is 10.8. The number of pyridine rings is 1. The SMILES string of the molecule is C[C@H]1C[C@@H](N)[C@H](O)CN(S(=O)(=O)c2ccccn2)C1. The minimum absolute atomic E-state index is 0.00451. The van der Waals surface area contributed by atoms with Gasteiger partial charge in [-0.3, -0.25) is 0 Å². The Kier molecular flexibility index (Phi) is 4.19. The zero-order valence-corrected chi connectivity index (χ0v) is 11.6. The highest BCUT2D eigenvalue weighted by molar-refractivity contribution is 7.89. The van der Waals surface area contributed by atoms with Gasteiger partial charge >= 0.3 is 0 Å². The van der Waals surface area contributed by atoms with Crippen molar-refractivity contribution in [2.45, 2.75) is 30.5 Å². The third kappa shape index (κ3) is 3.11. The third-order valence-corrected chi connectivity index (χ3v) is 5.06. The number of rotatable bonds is 2. The van der Waals surface area contributed by atoms with Gasteiger partial charge in [0, 0.05) is 25.3 Å². The lowest BCUT2D eigenvalue weighted by atomic mass is 10.0. The number of aliphatic hydroxyl groups is 1. The minimum Gasteiger partial charge on any atom is -0.390 e. The highest BCUT2D eigenvalue weighted by Crippen LogP contribution is 2.21. The van der Waals surface area contributed by atoms with Crippen LogP contribution in [0, 0.1) is 5.92 Å².